The molecule has 0 bridgehead atoms. The third-order valence-corrected chi connectivity index (χ3v) is 6.86. The lowest BCUT2D eigenvalue weighted by Gasteiger charge is -2.42. The van der Waals surface area contributed by atoms with Gasteiger partial charge < -0.3 is 15.4 Å². The first kappa shape index (κ1) is 24.7. The third-order valence-electron chi connectivity index (χ3n) is 6.86. The summed E-state index contributed by atoms with van der Waals surface area (Å²) in [6.07, 6.45) is 3.56. The van der Waals surface area contributed by atoms with Crippen LogP contribution in [0.1, 0.15) is 80.0 Å². The summed E-state index contributed by atoms with van der Waals surface area (Å²) in [6.45, 7) is 6.50. The summed E-state index contributed by atoms with van der Waals surface area (Å²) in [4.78, 5) is 63.0. The van der Waals surface area contributed by atoms with Crippen molar-refractivity contribution in [2.24, 2.45) is 5.41 Å². The van der Waals surface area contributed by atoms with E-state index in [0.717, 1.165) is 30.6 Å². The normalized spacial score (nSPS) is 21.2. The number of imide groups is 2. The average molecular weight is 485 g/mol. The number of alkyl carbamates (subject to hydrolysis) is 1. The van der Waals surface area contributed by atoms with E-state index in [-0.39, 0.29) is 29.4 Å². The molecule has 3 aliphatic rings. The highest BCUT2D eigenvalue weighted by Crippen LogP contribution is 2.44. The molecule has 35 heavy (non-hydrogen) atoms. The van der Waals surface area contributed by atoms with Crippen LogP contribution in [0.2, 0.25) is 0 Å². The smallest absolute Gasteiger partial charge is 0.407 e. The SMILES string of the molecule is CC(C)(C)OC(=O)NCCC1(CNc2cccc3c2C(=O)N(C2CCC(=O)NC2=O)C3=O)CCC1. The number of rotatable bonds is 7. The standard InChI is InChI=1S/C25H32N4O6/c1-24(2,3)35-23(34)26-13-12-25(10-5-11-25)14-27-16-7-4-6-15-19(16)22(33)29(21(15)32)17-8-9-18(30)28-20(17)31/h4,6-7,17,27H,5,8-14H2,1-3H3,(H,26,34)(H,28,30,31). The van der Waals surface area contributed by atoms with Crippen LogP contribution >= 0.6 is 0 Å². The number of piperidine rings is 1. The molecule has 3 N–H and O–H groups in total. The van der Waals surface area contributed by atoms with E-state index in [9.17, 15) is 24.0 Å². The Bertz CT molecular complexity index is 1070. The second kappa shape index (κ2) is 9.31. The Kier molecular flexibility index (Phi) is 6.57. The zero-order valence-electron chi connectivity index (χ0n) is 20.4. The summed E-state index contributed by atoms with van der Waals surface area (Å²) in [6, 6.07) is 4.04. The van der Waals surface area contributed by atoms with E-state index in [4.69, 9.17) is 4.74 Å². The first-order chi connectivity index (χ1) is 16.5. The van der Waals surface area contributed by atoms with Gasteiger partial charge in [0.15, 0.2) is 0 Å². The third kappa shape index (κ3) is 5.16. The van der Waals surface area contributed by atoms with Crippen molar-refractivity contribution in [1.82, 2.24) is 15.5 Å². The molecule has 0 radical (unpaired) electrons. The van der Waals surface area contributed by atoms with Gasteiger partial charge in [-0.3, -0.25) is 29.4 Å². The first-order valence-electron chi connectivity index (χ1n) is 12.1. The van der Waals surface area contributed by atoms with Crippen molar-refractivity contribution >= 4 is 35.4 Å². The largest absolute Gasteiger partial charge is 0.444 e. The molecule has 10 heteroatoms. The van der Waals surface area contributed by atoms with Crippen LogP contribution < -0.4 is 16.0 Å². The lowest BCUT2D eigenvalue weighted by atomic mass is 9.66. The summed E-state index contributed by atoms with van der Waals surface area (Å²) in [5.74, 6) is -2.09. The minimum atomic E-state index is -0.996. The fraction of sp³-hybridized carbons (Fsp3) is 0.560. The van der Waals surface area contributed by atoms with Crippen molar-refractivity contribution in [1.29, 1.82) is 0 Å². The van der Waals surface area contributed by atoms with Gasteiger partial charge in [0.05, 0.1) is 11.1 Å². The van der Waals surface area contributed by atoms with E-state index >= 15 is 0 Å². The van der Waals surface area contributed by atoms with Gasteiger partial charge in [-0.25, -0.2) is 4.79 Å². The highest BCUT2D eigenvalue weighted by atomic mass is 16.6. The van der Waals surface area contributed by atoms with Crippen molar-refractivity contribution in [2.45, 2.75) is 70.9 Å². The fourth-order valence-electron chi connectivity index (χ4n) is 4.88. The van der Waals surface area contributed by atoms with Gasteiger partial charge in [-0.05, 0) is 64.0 Å². The number of benzene rings is 1. The van der Waals surface area contributed by atoms with E-state index in [1.54, 1.807) is 18.2 Å². The van der Waals surface area contributed by atoms with Crippen LogP contribution in [0.15, 0.2) is 18.2 Å². The molecule has 1 saturated carbocycles. The summed E-state index contributed by atoms with van der Waals surface area (Å²) in [7, 11) is 0. The molecule has 0 aromatic heterocycles. The van der Waals surface area contributed by atoms with Gasteiger partial charge in [0, 0.05) is 25.2 Å². The van der Waals surface area contributed by atoms with Gasteiger partial charge in [-0.1, -0.05) is 12.5 Å². The number of anilines is 1. The Morgan fingerprint density at radius 1 is 1.17 bits per heavy atom. The molecule has 2 aliphatic heterocycles. The molecule has 10 nitrogen and oxygen atoms in total. The second-order valence-corrected chi connectivity index (χ2v) is 10.6. The summed E-state index contributed by atoms with van der Waals surface area (Å²) in [5, 5.41) is 8.38. The molecular formula is C25H32N4O6. The summed E-state index contributed by atoms with van der Waals surface area (Å²) in [5.41, 5.74) is 0.454. The maximum atomic E-state index is 13.3. The predicted molar refractivity (Wildman–Crippen MR) is 127 cm³/mol. The fourth-order valence-corrected chi connectivity index (χ4v) is 4.88. The molecular weight excluding hydrogens is 452 g/mol. The highest BCUT2D eigenvalue weighted by molar-refractivity contribution is 6.25. The molecule has 0 spiro atoms. The summed E-state index contributed by atoms with van der Waals surface area (Å²) < 4.78 is 5.29. The number of ether oxygens (including phenoxy) is 1. The van der Waals surface area contributed by atoms with Crippen molar-refractivity contribution in [3.63, 3.8) is 0 Å². The molecule has 1 aromatic carbocycles. The Morgan fingerprint density at radius 3 is 2.54 bits per heavy atom. The Labute approximate surface area is 204 Å². The zero-order chi connectivity index (χ0) is 25.4. The van der Waals surface area contributed by atoms with Gasteiger partial charge in [0.1, 0.15) is 11.6 Å². The van der Waals surface area contributed by atoms with Crippen molar-refractivity contribution in [3.05, 3.63) is 29.3 Å². The molecule has 1 unspecified atom stereocenters. The Morgan fingerprint density at radius 2 is 1.91 bits per heavy atom. The molecule has 2 heterocycles. The number of hydrogen-bond acceptors (Lipinski definition) is 7. The Balaban J connectivity index is 1.42. The van der Waals surface area contributed by atoms with Crippen LogP contribution in [0.25, 0.3) is 0 Å². The van der Waals surface area contributed by atoms with Gasteiger partial charge in [-0.15, -0.1) is 0 Å². The molecule has 1 saturated heterocycles. The minimum Gasteiger partial charge on any atom is -0.444 e. The van der Waals surface area contributed by atoms with Crippen molar-refractivity contribution in [3.8, 4) is 0 Å². The van der Waals surface area contributed by atoms with Gasteiger partial charge >= 0.3 is 6.09 Å². The van der Waals surface area contributed by atoms with E-state index in [0.29, 0.717) is 18.8 Å². The Hall–Kier alpha value is -3.43. The predicted octanol–water partition coefficient (Wildman–Crippen LogP) is 2.58. The summed E-state index contributed by atoms with van der Waals surface area (Å²) >= 11 is 0. The van der Waals surface area contributed by atoms with E-state index in [1.165, 1.54) is 0 Å². The van der Waals surface area contributed by atoms with Gasteiger partial charge in [0.2, 0.25) is 11.8 Å². The number of carbonyl (C=O) groups excluding carboxylic acids is 5. The zero-order valence-corrected chi connectivity index (χ0v) is 20.4. The highest BCUT2D eigenvalue weighted by Gasteiger charge is 2.46. The number of hydrogen-bond donors (Lipinski definition) is 3. The van der Waals surface area contributed by atoms with Crippen molar-refractivity contribution in [2.75, 3.05) is 18.4 Å². The van der Waals surface area contributed by atoms with E-state index < -0.39 is 41.4 Å². The minimum absolute atomic E-state index is 0.0350. The monoisotopic (exact) mass is 484 g/mol. The van der Waals surface area contributed by atoms with E-state index in [2.05, 4.69) is 16.0 Å². The van der Waals surface area contributed by atoms with Gasteiger partial charge in [0.25, 0.3) is 11.8 Å². The number of nitrogens with zero attached hydrogens (tertiary/aromatic N) is 1. The van der Waals surface area contributed by atoms with Gasteiger partial charge in [-0.2, -0.15) is 0 Å². The number of fused-ring (bicyclic) bond motifs is 1. The van der Waals surface area contributed by atoms with Crippen LogP contribution in [-0.2, 0) is 14.3 Å². The number of carbonyl (C=O) groups is 5. The van der Waals surface area contributed by atoms with Crippen LogP contribution in [-0.4, -0.2) is 59.4 Å². The second-order valence-electron chi connectivity index (χ2n) is 10.6. The molecule has 1 atom stereocenters. The van der Waals surface area contributed by atoms with Crippen LogP contribution in [0.4, 0.5) is 10.5 Å². The molecule has 2 fully saturated rings. The van der Waals surface area contributed by atoms with Crippen LogP contribution in [0, 0.1) is 5.41 Å². The molecule has 1 aromatic rings. The maximum Gasteiger partial charge on any atom is 0.407 e. The van der Waals surface area contributed by atoms with Crippen LogP contribution in [0.3, 0.4) is 0 Å². The molecule has 188 valence electrons. The van der Waals surface area contributed by atoms with E-state index in [1.807, 2.05) is 20.8 Å². The molecule has 4 rings (SSSR count). The lowest BCUT2D eigenvalue weighted by molar-refractivity contribution is -0.136. The molecule has 1 aliphatic carbocycles. The number of nitrogens with one attached hydrogen (secondary N) is 3. The number of amides is 5. The van der Waals surface area contributed by atoms with Crippen LogP contribution in [0.5, 0.6) is 0 Å². The van der Waals surface area contributed by atoms with Crippen molar-refractivity contribution < 1.29 is 28.7 Å². The topological polar surface area (TPSA) is 134 Å². The lowest BCUT2D eigenvalue weighted by Crippen LogP contribution is -2.54. The maximum absolute atomic E-state index is 13.3. The average Bonchev–Trinajstić information content (AvgIpc) is 2.99. The quantitative estimate of drug-likeness (QED) is 0.507. The molecule has 5 amide bonds. The first-order valence-corrected chi connectivity index (χ1v) is 12.1.